The number of fused-ring (bicyclic) bond motifs is 1. The normalized spacial score (nSPS) is 11.5. The predicted molar refractivity (Wildman–Crippen MR) is 137 cm³/mol. The fourth-order valence-electron chi connectivity index (χ4n) is 3.99. The average molecular weight is 492 g/mol. The molecule has 0 fully saturated rings. The van der Waals surface area contributed by atoms with Crippen LogP contribution >= 0.6 is 11.3 Å². The van der Waals surface area contributed by atoms with Crippen molar-refractivity contribution >= 4 is 44.8 Å². The number of nitrogens with one attached hydrogen (secondary N) is 1. The van der Waals surface area contributed by atoms with Crippen LogP contribution in [0.15, 0.2) is 52.5 Å². The Morgan fingerprint density at radius 2 is 1.97 bits per heavy atom. The third-order valence-electron chi connectivity index (χ3n) is 5.55. The summed E-state index contributed by atoms with van der Waals surface area (Å²) in [5.41, 5.74) is 10.5. The second-order valence-electron chi connectivity index (χ2n) is 7.91. The summed E-state index contributed by atoms with van der Waals surface area (Å²) in [5, 5.41) is 5.70. The number of furan rings is 1. The minimum absolute atomic E-state index is 0.0248. The zero-order valence-corrected chi connectivity index (χ0v) is 20.6. The fraction of sp³-hybridized carbons (Fsp3) is 0.192. The van der Waals surface area contributed by atoms with E-state index in [2.05, 4.69) is 10.3 Å². The molecule has 0 radical (unpaired) electrons. The van der Waals surface area contributed by atoms with Gasteiger partial charge in [-0.3, -0.25) is 14.9 Å². The number of carbonyl (C=O) groups is 2. The van der Waals surface area contributed by atoms with Crippen LogP contribution in [0.5, 0.6) is 11.5 Å². The molecule has 3 N–H and O–H groups in total. The molecule has 0 saturated carbocycles. The number of ether oxygens (including phenoxy) is 2. The number of nitrogens with two attached hydrogens (primary N) is 1. The summed E-state index contributed by atoms with van der Waals surface area (Å²) in [5.74, 6) is 0.530. The maximum Gasteiger partial charge on any atom is 0.250 e. The number of benzene rings is 2. The maximum atomic E-state index is 12.7. The van der Waals surface area contributed by atoms with Crippen molar-refractivity contribution < 1.29 is 23.5 Å². The van der Waals surface area contributed by atoms with Gasteiger partial charge >= 0.3 is 0 Å². The summed E-state index contributed by atoms with van der Waals surface area (Å²) >= 11 is 1.23. The number of nitrogens with zero attached hydrogens (tertiary/aromatic N) is 1. The molecule has 0 bridgehead atoms. The number of hydrogen-bond acceptors (Lipinski definition) is 7. The number of hydrogen-bond donors (Lipinski definition) is 2. The second-order valence-corrected chi connectivity index (χ2v) is 8.77. The van der Waals surface area contributed by atoms with Crippen molar-refractivity contribution in [3.63, 3.8) is 0 Å². The number of anilines is 1. The Hall–Kier alpha value is -4.11. The van der Waals surface area contributed by atoms with E-state index in [1.54, 1.807) is 25.9 Å². The van der Waals surface area contributed by atoms with Crippen LogP contribution in [0.3, 0.4) is 0 Å². The molecule has 4 rings (SSSR count). The lowest BCUT2D eigenvalue weighted by Gasteiger charge is -2.13. The molecule has 2 amide bonds. The zero-order valence-electron chi connectivity index (χ0n) is 19.8. The molecule has 8 nitrogen and oxygen atoms in total. The van der Waals surface area contributed by atoms with E-state index in [9.17, 15) is 9.59 Å². The summed E-state index contributed by atoms with van der Waals surface area (Å²) in [7, 11) is 3.22. The first-order valence-electron chi connectivity index (χ1n) is 10.8. The Kier molecular flexibility index (Phi) is 6.88. The average Bonchev–Trinajstić information content (AvgIpc) is 3.45. The van der Waals surface area contributed by atoms with Gasteiger partial charge in [-0.15, -0.1) is 11.3 Å². The molecule has 2 heterocycles. The Balaban J connectivity index is 1.72. The van der Waals surface area contributed by atoms with Crippen LogP contribution < -0.4 is 20.5 Å². The van der Waals surface area contributed by atoms with Crippen molar-refractivity contribution in [1.82, 2.24) is 4.98 Å². The summed E-state index contributed by atoms with van der Waals surface area (Å²) in [6, 6.07) is 9.68. The number of methoxy groups -OCH3 is 2. The smallest absolute Gasteiger partial charge is 0.250 e. The third-order valence-corrected chi connectivity index (χ3v) is 6.36. The van der Waals surface area contributed by atoms with Crippen LogP contribution in [0.1, 0.15) is 23.7 Å². The highest BCUT2D eigenvalue weighted by Crippen LogP contribution is 2.42. The van der Waals surface area contributed by atoms with Crippen LogP contribution in [0.25, 0.3) is 27.7 Å². The molecule has 0 aliphatic carbocycles. The van der Waals surface area contributed by atoms with Gasteiger partial charge in [-0.1, -0.05) is 18.2 Å². The quantitative estimate of drug-likeness (QED) is 0.337. The minimum atomic E-state index is -0.478. The molecule has 4 aromatic rings. The van der Waals surface area contributed by atoms with Gasteiger partial charge in [0, 0.05) is 39.1 Å². The standard InChI is InChI=1S/C26H25N3O5S/c1-14(9-23(31)29-26-28-16(13-35-26)10-22(27)30)18-11-19-20(17-7-5-6-8-21(17)32-3)12-34-25(19)15(2)24(18)33-4/h5-9,11-13H,10H2,1-4H3,(H2,27,30)(H,28,29,31)/b14-9+. The van der Waals surface area contributed by atoms with Gasteiger partial charge in [0.05, 0.1) is 32.6 Å². The van der Waals surface area contributed by atoms with E-state index in [-0.39, 0.29) is 12.3 Å². The highest BCUT2D eigenvalue weighted by Gasteiger charge is 2.20. The van der Waals surface area contributed by atoms with Crippen LogP contribution in [-0.2, 0) is 16.0 Å². The number of para-hydroxylation sites is 1. The molecule has 0 saturated heterocycles. The number of rotatable bonds is 8. The van der Waals surface area contributed by atoms with Crippen LogP contribution in [0.2, 0.25) is 0 Å². The van der Waals surface area contributed by atoms with E-state index >= 15 is 0 Å². The molecular formula is C26H25N3O5S. The topological polar surface area (TPSA) is 117 Å². The van der Waals surface area contributed by atoms with Gasteiger partial charge in [0.1, 0.15) is 17.1 Å². The number of thiazole rings is 1. The molecule has 0 aliphatic rings. The predicted octanol–water partition coefficient (Wildman–Crippen LogP) is 4.95. The molecule has 180 valence electrons. The second kappa shape index (κ2) is 10.0. The summed E-state index contributed by atoms with van der Waals surface area (Å²) in [6.45, 7) is 3.76. The number of primary amides is 1. The molecule has 0 spiro atoms. The summed E-state index contributed by atoms with van der Waals surface area (Å²) in [6.07, 6.45) is 3.22. The number of aryl methyl sites for hydroxylation is 1. The highest BCUT2D eigenvalue weighted by atomic mass is 32.1. The molecular weight excluding hydrogens is 466 g/mol. The molecule has 2 aromatic heterocycles. The largest absolute Gasteiger partial charge is 0.496 e. The fourth-order valence-corrected chi connectivity index (χ4v) is 4.70. The van der Waals surface area contributed by atoms with Gasteiger partial charge in [-0.2, -0.15) is 0 Å². The Morgan fingerprint density at radius 1 is 1.20 bits per heavy atom. The molecule has 9 heteroatoms. The number of carbonyl (C=O) groups excluding carboxylic acids is 2. The minimum Gasteiger partial charge on any atom is -0.496 e. The molecule has 0 unspecified atom stereocenters. The van der Waals surface area contributed by atoms with Crippen LogP contribution in [-0.4, -0.2) is 31.0 Å². The number of allylic oxidation sites excluding steroid dienone is 1. The van der Waals surface area contributed by atoms with Crippen molar-refractivity contribution in [2.75, 3.05) is 19.5 Å². The first kappa shape index (κ1) is 24.0. The first-order chi connectivity index (χ1) is 16.8. The molecule has 35 heavy (non-hydrogen) atoms. The van der Waals surface area contributed by atoms with Crippen LogP contribution in [0, 0.1) is 6.92 Å². The monoisotopic (exact) mass is 491 g/mol. The van der Waals surface area contributed by atoms with Gasteiger partial charge < -0.3 is 19.6 Å². The summed E-state index contributed by atoms with van der Waals surface area (Å²) < 4.78 is 17.2. The highest BCUT2D eigenvalue weighted by molar-refractivity contribution is 7.14. The SMILES string of the molecule is COc1ccccc1-c1coc2c(C)c(OC)c(/C(C)=C/C(=O)Nc3nc(CC(N)=O)cs3)cc12. The van der Waals surface area contributed by atoms with Crippen molar-refractivity contribution in [2.45, 2.75) is 20.3 Å². The van der Waals surface area contributed by atoms with E-state index in [0.29, 0.717) is 27.7 Å². The van der Waals surface area contributed by atoms with Gasteiger partial charge in [-0.25, -0.2) is 4.98 Å². The first-order valence-corrected chi connectivity index (χ1v) is 11.6. The lowest BCUT2D eigenvalue weighted by Crippen LogP contribution is -2.14. The lowest BCUT2D eigenvalue weighted by atomic mass is 9.96. The lowest BCUT2D eigenvalue weighted by molar-refractivity contribution is -0.117. The Bertz CT molecular complexity index is 1450. The third kappa shape index (κ3) is 4.90. The molecule has 0 aliphatic heterocycles. The maximum absolute atomic E-state index is 12.7. The van der Waals surface area contributed by atoms with E-state index in [1.807, 2.05) is 44.2 Å². The number of aromatic nitrogens is 1. The van der Waals surface area contributed by atoms with Gasteiger partial charge in [-0.05, 0) is 31.6 Å². The zero-order chi connectivity index (χ0) is 25.1. The van der Waals surface area contributed by atoms with Gasteiger partial charge in [0.25, 0.3) is 0 Å². The molecule has 0 atom stereocenters. The van der Waals surface area contributed by atoms with E-state index < -0.39 is 5.91 Å². The number of amides is 2. The van der Waals surface area contributed by atoms with Crippen molar-refractivity contribution in [3.8, 4) is 22.6 Å². The van der Waals surface area contributed by atoms with Gasteiger partial charge in [0.15, 0.2) is 5.13 Å². The Morgan fingerprint density at radius 3 is 2.69 bits per heavy atom. The Labute approximate surface area is 206 Å². The van der Waals surface area contributed by atoms with Crippen molar-refractivity contribution in [1.29, 1.82) is 0 Å². The van der Waals surface area contributed by atoms with E-state index in [4.69, 9.17) is 19.6 Å². The van der Waals surface area contributed by atoms with Crippen molar-refractivity contribution in [3.05, 3.63) is 64.9 Å². The van der Waals surface area contributed by atoms with E-state index in [1.165, 1.54) is 17.4 Å². The van der Waals surface area contributed by atoms with Gasteiger partial charge in [0.2, 0.25) is 11.8 Å². The summed E-state index contributed by atoms with van der Waals surface area (Å²) in [4.78, 5) is 28.0. The molecule has 2 aromatic carbocycles. The van der Waals surface area contributed by atoms with Crippen LogP contribution in [0.4, 0.5) is 5.13 Å². The van der Waals surface area contributed by atoms with E-state index in [0.717, 1.165) is 33.4 Å². The van der Waals surface area contributed by atoms with Crippen molar-refractivity contribution in [2.24, 2.45) is 5.73 Å².